The number of anilines is 1. The van der Waals surface area contributed by atoms with Crippen LogP contribution in [0, 0.1) is 5.92 Å². The second-order valence-corrected chi connectivity index (χ2v) is 8.40. The molecule has 0 aliphatic heterocycles. The smallest absolute Gasteiger partial charge is 0.145 e. The Morgan fingerprint density at radius 3 is 2.83 bits per heavy atom. The molecule has 3 heterocycles. The number of nitrogens with two attached hydrogens (primary N) is 1. The molecule has 1 fully saturated rings. The Kier molecular flexibility index (Phi) is 4.72. The van der Waals surface area contributed by atoms with Crippen LogP contribution in [-0.4, -0.2) is 41.9 Å². The maximum absolute atomic E-state index is 10.8. The summed E-state index contributed by atoms with van der Waals surface area (Å²) < 4.78 is 1.94. The number of rotatable bonds is 4. The highest BCUT2D eigenvalue weighted by Gasteiger charge is 2.42. The van der Waals surface area contributed by atoms with Crippen molar-refractivity contribution in [3.8, 4) is 0 Å². The van der Waals surface area contributed by atoms with Crippen LogP contribution in [0.3, 0.4) is 0 Å². The molecule has 0 unspecified atom stereocenters. The van der Waals surface area contributed by atoms with E-state index in [1.165, 1.54) is 36.0 Å². The summed E-state index contributed by atoms with van der Waals surface area (Å²) in [6.45, 7) is 0. The van der Waals surface area contributed by atoms with Gasteiger partial charge in [-0.15, -0.1) is 0 Å². The maximum atomic E-state index is 10.8. The number of aliphatic hydroxyl groups excluding tert-OH is 2. The number of nitrogens with zero attached hydrogens (tertiary/aromatic N) is 4. The highest BCUT2D eigenvalue weighted by atomic mass is 16.3. The lowest BCUT2D eigenvalue weighted by molar-refractivity contribution is 0.00544. The number of hydrogen-bond acceptors (Lipinski definition) is 6. The monoisotopic (exact) mass is 393 g/mol. The van der Waals surface area contributed by atoms with Crippen molar-refractivity contribution < 1.29 is 10.2 Å². The van der Waals surface area contributed by atoms with Crippen molar-refractivity contribution in [2.24, 2.45) is 5.92 Å². The average molecular weight is 393 g/mol. The van der Waals surface area contributed by atoms with Crippen LogP contribution in [0.1, 0.15) is 48.5 Å². The molecule has 152 valence electrons. The Bertz CT molecular complexity index is 1030. The first-order valence-electron chi connectivity index (χ1n) is 10.5. The molecule has 7 nitrogen and oxygen atoms in total. The van der Waals surface area contributed by atoms with Crippen LogP contribution < -0.4 is 5.73 Å². The molecule has 1 saturated carbocycles. The molecule has 0 saturated heterocycles. The summed E-state index contributed by atoms with van der Waals surface area (Å²) >= 11 is 0. The van der Waals surface area contributed by atoms with Crippen LogP contribution in [0.25, 0.3) is 11.0 Å². The fourth-order valence-electron chi connectivity index (χ4n) is 5.19. The molecule has 29 heavy (non-hydrogen) atoms. The second-order valence-electron chi connectivity index (χ2n) is 8.40. The lowest BCUT2D eigenvalue weighted by Gasteiger charge is -2.20. The standard InChI is InChI=1S/C22H27N5O2/c23-21-16-8-10-27(22(16)26-12-25-21)18-11-14(19(28)20(18)29)6-5-13-7-9-24-17-4-2-1-3-15(13)17/h7-10,12,14,18-20,28-29H,1-6,11H2,(H2,23,25,26)/t14-,18-,19-,20+/m1/s1. The zero-order chi connectivity index (χ0) is 20.0. The van der Waals surface area contributed by atoms with E-state index in [4.69, 9.17) is 5.73 Å². The van der Waals surface area contributed by atoms with Gasteiger partial charge >= 0.3 is 0 Å². The fourth-order valence-corrected chi connectivity index (χ4v) is 5.19. The predicted octanol–water partition coefficient (Wildman–Crippen LogP) is 2.20. The van der Waals surface area contributed by atoms with E-state index in [1.807, 2.05) is 23.0 Å². The Hall–Kier alpha value is -2.51. The molecule has 2 aliphatic carbocycles. The van der Waals surface area contributed by atoms with Gasteiger partial charge in [0.25, 0.3) is 0 Å². The van der Waals surface area contributed by atoms with Gasteiger partial charge in [0.1, 0.15) is 23.9 Å². The van der Waals surface area contributed by atoms with Crippen LogP contribution >= 0.6 is 0 Å². The van der Waals surface area contributed by atoms with Gasteiger partial charge in [0.15, 0.2) is 0 Å². The summed E-state index contributed by atoms with van der Waals surface area (Å²) in [4.78, 5) is 12.9. The SMILES string of the molecule is Nc1ncnc2c1ccn2[C@@H]1C[C@@H](CCc2ccnc3c2CCCC3)[C@@H](O)[C@H]1O. The van der Waals surface area contributed by atoms with Gasteiger partial charge < -0.3 is 20.5 Å². The Labute approximate surface area is 169 Å². The molecular weight excluding hydrogens is 366 g/mol. The van der Waals surface area contributed by atoms with Crippen LogP contribution in [0.15, 0.2) is 30.9 Å². The minimum atomic E-state index is -0.821. The van der Waals surface area contributed by atoms with Gasteiger partial charge in [-0.05, 0) is 74.1 Å². The van der Waals surface area contributed by atoms with E-state index in [2.05, 4.69) is 21.0 Å². The molecule has 2 aliphatic rings. The first-order valence-corrected chi connectivity index (χ1v) is 10.5. The number of aliphatic hydroxyl groups is 2. The fraction of sp³-hybridized carbons (Fsp3) is 0.500. The van der Waals surface area contributed by atoms with Crippen molar-refractivity contribution in [3.63, 3.8) is 0 Å². The van der Waals surface area contributed by atoms with Crippen LogP contribution in [0.2, 0.25) is 0 Å². The van der Waals surface area contributed by atoms with Crippen molar-refractivity contribution in [1.82, 2.24) is 19.5 Å². The number of aryl methyl sites for hydroxylation is 2. The summed E-state index contributed by atoms with van der Waals surface area (Å²) in [7, 11) is 0. The molecule has 0 amide bonds. The minimum absolute atomic E-state index is 0.0408. The van der Waals surface area contributed by atoms with E-state index < -0.39 is 12.2 Å². The molecule has 0 bridgehead atoms. The van der Waals surface area contributed by atoms with E-state index in [0.29, 0.717) is 17.9 Å². The van der Waals surface area contributed by atoms with Crippen molar-refractivity contribution in [1.29, 1.82) is 0 Å². The van der Waals surface area contributed by atoms with Gasteiger partial charge in [0, 0.05) is 18.1 Å². The lowest BCUT2D eigenvalue weighted by atomic mass is 9.88. The van der Waals surface area contributed by atoms with Gasteiger partial charge in [0.2, 0.25) is 0 Å². The van der Waals surface area contributed by atoms with Gasteiger partial charge in [-0.2, -0.15) is 0 Å². The third kappa shape index (κ3) is 3.18. The topological polar surface area (TPSA) is 110 Å². The molecule has 0 radical (unpaired) electrons. The number of fused-ring (bicyclic) bond motifs is 2. The van der Waals surface area contributed by atoms with Crippen molar-refractivity contribution >= 4 is 16.9 Å². The Morgan fingerprint density at radius 2 is 1.93 bits per heavy atom. The van der Waals surface area contributed by atoms with Crippen LogP contribution in [0.4, 0.5) is 5.82 Å². The zero-order valence-corrected chi connectivity index (χ0v) is 16.4. The molecule has 4 N–H and O–H groups in total. The van der Waals surface area contributed by atoms with E-state index in [1.54, 1.807) is 0 Å². The third-order valence-electron chi connectivity index (χ3n) is 6.79. The average Bonchev–Trinajstić information content (AvgIpc) is 3.29. The van der Waals surface area contributed by atoms with Gasteiger partial charge in [-0.3, -0.25) is 4.98 Å². The molecule has 3 aromatic rings. The van der Waals surface area contributed by atoms with Crippen molar-refractivity contribution in [2.45, 2.75) is 63.2 Å². The number of pyridine rings is 1. The highest BCUT2D eigenvalue weighted by molar-refractivity contribution is 5.86. The lowest BCUT2D eigenvalue weighted by Crippen LogP contribution is -2.29. The molecule has 0 aromatic carbocycles. The zero-order valence-electron chi connectivity index (χ0n) is 16.4. The van der Waals surface area contributed by atoms with E-state index in [0.717, 1.165) is 31.1 Å². The summed E-state index contributed by atoms with van der Waals surface area (Å²) in [5, 5.41) is 22.3. The Balaban J connectivity index is 1.35. The van der Waals surface area contributed by atoms with E-state index in [-0.39, 0.29) is 12.0 Å². The summed E-state index contributed by atoms with van der Waals surface area (Å²) in [5.74, 6) is 0.472. The normalized spacial score (nSPS) is 26.7. The van der Waals surface area contributed by atoms with Gasteiger partial charge in [0.05, 0.1) is 17.5 Å². The van der Waals surface area contributed by atoms with Crippen LogP contribution in [-0.2, 0) is 19.3 Å². The van der Waals surface area contributed by atoms with E-state index in [9.17, 15) is 10.2 Å². The molecule has 0 spiro atoms. The molecule has 7 heteroatoms. The van der Waals surface area contributed by atoms with Gasteiger partial charge in [-0.25, -0.2) is 9.97 Å². The number of aromatic nitrogens is 4. The molecule has 3 aromatic heterocycles. The highest BCUT2D eigenvalue weighted by Crippen LogP contribution is 2.40. The third-order valence-corrected chi connectivity index (χ3v) is 6.79. The van der Waals surface area contributed by atoms with Gasteiger partial charge in [-0.1, -0.05) is 0 Å². The summed E-state index contributed by atoms with van der Waals surface area (Å²) in [6, 6.07) is 3.78. The molecular formula is C22H27N5O2. The van der Waals surface area contributed by atoms with E-state index >= 15 is 0 Å². The predicted molar refractivity (Wildman–Crippen MR) is 110 cm³/mol. The summed E-state index contributed by atoms with van der Waals surface area (Å²) in [5.41, 5.74) is 10.7. The summed E-state index contributed by atoms with van der Waals surface area (Å²) in [6.07, 6.45) is 10.8. The molecule has 5 rings (SSSR count). The van der Waals surface area contributed by atoms with Crippen LogP contribution in [0.5, 0.6) is 0 Å². The first-order chi connectivity index (χ1) is 14.1. The quantitative estimate of drug-likeness (QED) is 0.627. The number of hydrogen-bond donors (Lipinski definition) is 3. The largest absolute Gasteiger partial charge is 0.390 e. The van der Waals surface area contributed by atoms with Crippen molar-refractivity contribution in [3.05, 3.63) is 47.7 Å². The van der Waals surface area contributed by atoms with Crippen molar-refractivity contribution in [2.75, 3.05) is 5.73 Å². The number of nitrogen functional groups attached to an aromatic ring is 1. The second kappa shape index (κ2) is 7.39. The molecule has 4 atom stereocenters. The maximum Gasteiger partial charge on any atom is 0.145 e. The first kappa shape index (κ1) is 18.5. The Morgan fingerprint density at radius 1 is 1.07 bits per heavy atom. The minimum Gasteiger partial charge on any atom is -0.390 e.